The molecule has 0 aliphatic rings. The Morgan fingerprint density at radius 1 is 1.17 bits per heavy atom. The zero-order valence-corrected chi connectivity index (χ0v) is 11.4. The van der Waals surface area contributed by atoms with Gasteiger partial charge in [-0.05, 0) is 17.5 Å². The number of para-hydroxylation sites is 1. The van der Waals surface area contributed by atoms with Gasteiger partial charge in [0.25, 0.3) is 0 Å². The molecule has 96 valence electrons. The van der Waals surface area contributed by atoms with Gasteiger partial charge in [-0.1, -0.05) is 18.2 Å². The summed E-state index contributed by atoms with van der Waals surface area (Å²) in [5.41, 5.74) is 7.23. The quantitative estimate of drug-likeness (QED) is 0.902. The molecule has 0 aliphatic heterocycles. The van der Waals surface area contributed by atoms with E-state index in [1.165, 1.54) is 4.88 Å². The van der Waals surface area contributed by atoms with E-state index in [1.807, 2.05) is 24.3 Å². The molecular weight excluding hydrogens is 246 g/mol. The molecule has 0 saturated carbocycles. The Bertz CT molecular complexity index is 497. The van der Waals surface area contributed by atoms with Crippen LogP contribution in [0.15, 0.2) is 35.7 Å². The SMILES string of the molecule is COc1cccc(C(N)Cc2cccs2)c1OC. The van der Waals surface area contributed by atoms with Crippen molar-refractivity contribution in [2.75, 3.05) is 14.2 Å². The molecule has 0 saturated heterocycles. The van der Waals surface area contributed by atoms with Crippen LogP contribution in [0.4, 0.5) is 0 Å². The van der Waals surface area contributed by atoms with Gasteiger partial charge in [-0.15, -0.1) is 11.3 Å². The summed E-state index contributed by atoms with van der Waals surface area (Å²) in [6, 6.07) is 9.84. The third kappa shape index (κ3) is 2.66. The normalized spacial score (nSPS) is 12.2. The van der Waals surface area contributed by atoms with E-state index in [4.69, 9.17) is 15.2 Å². The second-order valence-corrected chi connectivity index (χ2v) is 5.00. The van der Waals surface area contributed by atoms with E-state index in [-0.39, 0.29) is 6.04 Å². The predicted octanol–water partition coefficient (Wildman–Crippen LogP) is 3.01. The molecule has 1 atom stereocenters. The molecule has 2 N–H and O–H groups in total. The maximum absolute atomic E-state index is 6.26. The molecular formula is C14H17NO2S. The van der Waals surface area contributed by atoms with Crippen LogP contribution < -0.4 is 15.2 Å². The van der Waals surface area contributed by atoms with Crippen LogP contribution in [0.1, 0.15) is 16.5 Å². The van der Waals surface area contributed by atoms with Crippen molar-refractivity contribution >= 4 is 11.3 Å². The van der Waals surface area contributed by atoms with E-state index in [0.29, 0.717) is 0 Å². The number of hydrogen-bond donors (Lipinski definition) is 1. The molecule has 1 aromatic heterocycles. The van der Waals surface area contributed by atoms with Crippen LogP contribution in [0.25, 0.3) is 0 Å². The fraction of sp³-hybridized carbons (Fsp3) is 0.286. The van der Waals surface area contributed by atoms with Crippen molar-refractivity contribution in [1.82, 2.24) is 0 Å². The smallest absolute Gasteiger partial charge is 0.165 e. The highest BCUT2D eigenvalue weighted by molar-refractivity contribution is 7.09. The minimum Gasteiger partial charge on any atom is -0.493 e. The molecule has 1 unspecified atom stereocenters. The van der Waals surface area contributed by atoms with Gasteiger partial charge >= 0.3 is 0 Å². The van der Waals surface area contributed by atoms with Gasteiger partial charge in [-0.25, -0.2) is 0 Å². The van der Waals surface area contributed by atoms with Crippen molar-refractivity contribution < 1.29 is 9.47 Å². The van der Waals surface area contributed by atoms with Gasteiger partial charge < -0.3 is 15.2 Å². The minimum absolute atomic E-state index is 0.0892. The van der Waals surface area contributed by atoms with Crippen LogP contribution in [0.2, 0.25) is 0 Å². The molecule has 0 spiro atoms. The van der Waals surface area contributed by atoms with Crippen LogP contribution in [0.3, 0.4) is 0 Å². The number of thiophene rings is 1. The van der Waals surface area contributed by atoms with E-state index >= 15 is 0 Å². The van der Waals surface area contributed by atoms with Crippen LogP contribution >= 0.6 is 11.3 Å². The van der Waals surface area contributed by atoms with Gasteiger partial charge in [-0.3, -0.25) is 0 Å². The van der Waals surface area contributed by atoms with Crippen molar-refractivity contribution in [2.45, 2.75) is 12.5 Å². The zero-order chi connectivity index (χ0) is 13.0. The number of rotatable bonds is 5. The number of ether oxygens (including phenoxy) is 2. The summed E-state index contributed by atoms with van der Waals surface area (Å²) in [5.74, 6) is 1.45. The summed E-state index contributed by atoms with van der Waals surface area (Å²) in [7, 11) is 3.27. The summed E-state index contributed by atoms with van der Waals surface area (Å²) in [4.78, 5) is 1.27. The highest BCUT2D eigenvalue weighted by atomic mass is 32.1. The molecule has 0 amide bonds. The van der Waals surface area contributed by atoms with E-state index in [0.717, 1.165) is 23.5 Å². The number of hydrogen-bond acceptors (Lipinski definition) is 4. The summed E-state index contributed by atoms with van der Waals surface area (Å²) in [6.07, 6.45) is 0.807. The van der Waals surface area contributed by atoms with E-state index in [1.54, 1.807) is 25.6 Å². The maximum Gasteiger partial charge on any atom is 0.165 e. The van der Waals surface area contributed by atoms with Crippen molar-refractivity contribution in [3.05, 3.63) is 46.2 Å². The summed E-state index contributed by atoms with van der Waals surface area (Å²) in [6.45, 7) is 0. The Balaban J connectivity index is 2.26. The third-order valence-electron chi connectivity index (χ3n) is 2.83. The van der Waals surface area contributed by atoms with Gasteiger partial charge in [-0.2, -0.15) is 0 Å². The van der Waals surface area contributed by atoms with Crippen LogP contribution in [-0.2, 0) is 6.42 Å². The van der Waals surface area contributed by atoms with Gasteiger partial charge in [0.1, 0.15) is 0 Å². The average molecular weight is 263 g/mol. The third-order valence-corrected chi connectivity index (χ3v) is 3.73. The molecule has 3 nitrogen and oxygen atoms in total. The summed E-state index contributed by atoms with van der Waals surface area (Å²) < 4.78 is 10.7. The van der Waals surface area contributed by atoms with E-state index in [9.17, 15) is 0 Å². The molecule has 0 radical (unpaired) electrons. The topological polar surface area (TPSA) is 44.5 Å². The number of methoxy groups -OCH3 is 2. The molecule has 1 aromatic carbocycles. The van der Waals surface area contributed by atoms with E-state index in [2.05, 4.69) is 11.4 Å². The highest BCUT2D eigenvalue weighted by Gasteiger charge is 2.16. The van der Waals surface area contributed by atoms with Crippen LogP contribution in [0.5, 0.6) is 11.5 Å². The Morgan fingerprint density at radius 2 is 2.00 bits per heavy atom. The standard InChI is InChI=1S/C14H17NO2S/c1-16-13-7-3-6-11(14(13)17-2)12(15)9-10-5-4-8-18-10/h3-8,12H,9,15H2,1-2H3. The van der Waals surface area contributed by atoms with Gasteiger partial charge in [0.15, 0.2) is 11.5 Å². The molecule has 2 aromatic rings. The Kier molecular flexibility index (Phi) is 4.23. The second kappa shape index (κ2) is 5.89. The fourth-order valence-corrected chi connectivity index (χ4v) is 2.72. The predicted molar refractivity (Wildman–Crippen MR) is 74.5 cm³/mol. The van der Waals surface area contributed by atoms with Crippen molar-refractivity contribution in [3.8, 4) is 11.5 Å². The lowest BCUT2D eigenvalue weighted by Gasteiger charge is -2.17. The van der Waals surface area contributed by atoms with Crippen LogP contribution in [-0.4, -0.2) is 14.2 Å². The second-order valence-electron chi connectivity index (χ2n) is 3.97. The number of benzene rings is 1. The first kappa shape index (κ1) is 12.9. The highest BCUT2D eigenvalue weighted by Crippen LogP contribution is 2.35. The zero-order valence-electron chi connectivity index (χ0n) is 10.6. The molecule has 18 heavy (non-hydrogen) atoms. The molecule has 1 heterocycles. The first-order valence-corrected chi connectivity index (χ1v) is 6.63. The number of nitrogens with two attached hydrogens (primary N) is 1. The largest absolute Gasteiger partial charge is 0.493 e. The maximum atomic E-state index is 6.26. The van der Waals surface area contributed by atoms with Gasteiger partial charge in [0.05, 0.1) is 14.2 Å². The monoisotopic (exact) mass is 263 g/mol. The van der Waals surface area contributed by atoms with Crippen molar-refractivity contribution in [3.63, 3.8) is 0 Å². The van der Waals surface area contributed by atoms with Crippen molar-refractivity contribution in [2.24, 2.45) is 5.73 Å². The Labute approximate surface area is 111 Å². The van der Waals surface area contributed by atoms with E-state index < -0.39 is 0 Å². The lowest BCUT2D eigenvalue weighted by Crippen LogP contribution is -2.14. The van der Waals surface area contributed by atoms with Gasteiger partial charge in [0.2, 0.25) is 0 Å². The Morgan fingerprint density at radius 3 is 2.61 bits per heavy atom. The molecule has 2 rings (SSSR count). The molecule has 0 fully saturated rings. The van der Waals surface area contributed by atoms with Crippen LogP contribution in [0, 0.1) is 0 Å². The lowest BCUT2D eigenvalue weighted by atomic mass is 10.0. The minimum atomic E-state index is -0.0892. The van der Waals surface area contributed by atoms with Crippen molar-refractivity contribution in [1.29, 1.82) is 0 Å². The first-order chi connectivity index (χ1) is 8.76. The molecule has 0 aliphatic carbocycles. The lowest BCUT2D eigenvalue weighted by molar-refractivity contribution is 0.349. The summed E-state index contributed by atoms with van der Waals surface area (Å²) in [5, 5.41) is 2.06. The fourth-order valence-electron chi connectivity index (χ4n) is 1.96. The average Bonchev–Trinajstić information content (AvgIpc) is 2.90. The van der Waals surface area contributed by atoms with Gasteiger partial charge in [0, 0.05) is 22.9 Å². The first-order valence-electron chi connectivity index (χ1n) is 5.75. The molecule has 4 heteroatoms. The Hall–Kier alpha value is -1.52. The summed E-state index contributed by atoms with van der Waals surface area (Å²) >= 11 is 1.72. The molecule has 0 bridgehead atoms.